The molecule has 1 aromatic heterocycles. The lowest BCUT2D eigenvalue weighted by atomic mass is 10.6. The van der Waals surface area contributed by atoms with Gasteiger partial charge in [-0.15, -0.1) is 0 Å². The van der Waals surface area contributed by atoms with Crippen molar-refractivity contribution in [2.45, 2.75) is 13.1 Å². The van der Waals surface area contributed by atoms with Crippen LogP contribution in [0.5, 0.6) is 0 Å². The third kappa shape index (κ3) is 1.97. The summed E-state index contributed by atoms with van der Waals surface area (Å²) in [5.41, 5.74) is -2.38. The topological polar surface area (TPSA) is 106 Å². The lowest BCUT2D eigenvalue weighted by Gasteiger charge is -2.09. The summed E-state index contributed by atoms with van der Waals surface area (Å²) in [6, 6.07) is 0. The third-order valence-electron chi connectivity index (χ3n) is 2.14. The summed E-state index contributed by atoms with van der Waals surface area (Å²) in [6.45, 7) is -1.13. The molecule has 0 saturated heterocycles. The summed E-state index contributed by atoms with van der Waals surface area (Å²) in [7, 11) is 1.23. The van der Waals surface area contributed by atoms with Gasteiger partial charge >= 0.3 is 17.1 Å². The van der Waals surface area contributed by atoms with Crippen LogP contribution in [-0.4, -0.2) is 37.1 Å². The van der Waals surface area contributed by atoms with E-state index >= 15 is 0 Å². The molecule has 1 aromatic rings. The quantitative estimate of drug-likeness (QED) is 0.564. The molecule has 0 aliphatic rings. The molecule has 0 fully saturated rings. The number of aliphatic hydroxyl groups is 2. The summed E-state index contributed by atoms with van der Waals surface area (Å²) < 4.78 is 2.25. The first-order valence-corrected chi connectivity index (χ1v) is 4.67. The van der Waals surface area contributed by atoms with Gasteiger partial charge < -0.3 is 10.2 Å². The monoisotopic (exact) mass is 231 g/mol. The van der Waals surface area contributed by atoms with Crippen LogP contribution in [-0.2, 0) is 20.1 Å². The highest BCUT2D eigenvalue weighted by atomic mass is 16.3. The van der Waals surface area contributed by atoms with E-state index in [4.69, 9.17) is 10.2 Å². The maximum absolute atomic E-state index is 11.6. The van der Waals surface area contributed by atoms with E-state index < -0.39 is 17.1 Å². The van der Waals surface area contributed by atoms with Crippen molar-refractivity contribution in [1.29, 1.82) is 0 Å². The predicted molar refractivity (Wildman–Crippen MR) is 54.4 cm³/mol. The molecule has 8 heteroatoms. The van der Waals surface area contributed by atoms with Crippen LogP contribution >= 0.6 is 0 Å². The Kier molecular flexibility index (Phi) is 3.80. The minimum atomic E-state index is -0.823. The van der Waals surface area contributed by atoms with E-state index in [1.54, 1.807) is 0 Å². The van der Waals surface area contributed by atoms with Gasteiger partial charge in [0.2, 0.25) is 0 Å². The van der Waals surface area contributed by atoms with Crippen LogP contribution in [0, 0.1) is 0 Å². The highest BCUT2D eigenvalue weighted by Gasteiger charge is 2.11. The minimum Gasteiger partial charge on any atom is -0.395 e. The minimum absolute atomic E-state index is 0.183. The largest absolute Gasteiger partial charge is 0.395 e. The Bertz CT molecular complexity index is 494. The summed E-state index contributed by atoms with van der Waals surface area (Å²) in [4.78, 5) is 34.6. The maximum atomic E-state index is 11.6. The van der Waals surface area contributed by atoms with E-state index in [1.165, 1.54) is 7.05 Å². The summed E-state index contributed by atoms with van der Waals surface area (Å²) in [5.74, 6) is 0. The average Bonchev–Trinajstić information content (AvgIpc) is 2.28. The van der Waals surface area contributed by atoms with E-state index in [1.807, 2.05) is 0 Å². The van der Waals surface area contributed by atoms with Crippen LogP contribution in [0.25, 0.3) is 0 Å². The normalized spacial score (nSPS) is 10.7. The zero-order valence-electron chi connectivity index (χ0n) is 8.79. The van der Waals surface area contributed by atoms with Gasteiger partial charge in [-0.2, -0.15) is 0 Å². The second-order valence-electron chi connectivity index (χ2n) is 3.16. The second kappa shape index (κ2) is 4.90. The van der Waals surface area contributed by atoms with Crippen LogP contribution in [0.2, 0.25) is 0 Å². The van der Waals surface area contributed by atoms with Crippen LogP contribution in [0.15, 0.2) is 14.4 Å². The fourth-order valence-electron chi connectivity index (χ4n) is 1.34. The van der Waals surface area contributed by atoms with E-state index in [0.29, 0.717) is 0 Å². The smallest absolute Gasteiger partial charge is 0.336 e. The molecule has 0 atom stereocenters. The van der Waals surface area contributed by atoms with Gasteiger partial charge in [-0.1, -0.05) is 0 Å². The molecule has 90 valence electrons. The first-order valence-electron chi connectivity index (χ1n) is 4.67. The number of nitrogens with zero attached hydrogens (tertiary/aromatic N) is 3. The second-order valence-corrected chi connectivity index (χ2v) is 3.16. The van der Waals surface area contributed by atoms with Crippen molar-refractivity contribution in [1.82, 2.24) is 13.7 Å². The summed E-state index contributed by atoms with van der Waals surface area (Å²) in [6.07, 6.45) is 0. The Hall–Kier alpha value is -1.67. The molecule has 2 N–H and O–H groups in total. The molecular formula is C8H13N3O5. The standard InChI is InChI=1S/C8H13N3O5/c1-9-6(14)10(2-4-12)8(16)11(3-5-13)7(9)15/h12-13H,2-5H2,1H3. The Balaban J connectivity index is 3.59. The molecule has 0 amide bonds. The number of hydrogen-bond acceptors (Lipinski definition) is 5. The molecule has 1 rings (SSSR count). The first kappa shape index (κ1) is 12.4. The van der Waals surface area contributed by atoms with Crippen LogP contribution < -0.4 is 17.1 Å². The molecule has 0 spiro atoms. The van der Waals surface area contributed by atoms with Gasteiger partial charge in [0.1, 0.15) is 0 Å². The maximum Gasteiger partial charge on any atom is 0.336 e. The molecule has 16 heavy (non-hydrogen) atoms. The van der Waals surface area contributed by atoms with Crippen molar-refractivity contribution < 1.29 is 10.2 Å². The van der Waals surface area contributed by atoms with Crippen molar-refractivity contribution in [3.05, 3.63) is 31.5 Å². The molecule has 0 saturated carbocycles. The highest BCUT2D eigenvalue weighted by Crippen LogP contribution is 1.73. The van der Waals surface area contributed by atoms with E-state index in [2.05, 4.69) is 0 Å². The highest BCUT2D eigenvalue weighted by molar-refractivity contribution is 4.77. The molecular weight excluding hydrogens is 218 g/mol. The Labute approximate surface area is 89.6 Å². The fourth-order valence-corrected chi connectivity index (χ4v) is 1.34. The van der Waals surface area contributed by atoms with E-state index in [-0.39, 0.29) is 26.3 Å². The van der Waals surface area contributed by atoms with E-state index in [9.17, 15) is 14.4 Å². The molecule has 8 nitrogen and oxygen atoms in total. The molecule has 0 aliphatic carbocycles. The number of hydrogen-bond donors (Lipinski definition) is 2. The zero-order chi connectivity index (χ0) is 12.3. The van der Waals surface area contributed by atoms with Gasteiger partial charge in [0, 0.05) is 7.05 Å². The molecule has 0 aliphatic heterocycles. The Morgan fingerprint density at radius 2 is 1.25 bits per heavy atom. The van der Waals surface area contributed by atoms with Crippen molar-refractivity contribution in [2.75, 3.05) is 13.2 Å². The van der Waals surface area contributed by atoms with Crippen LogP contribution in [0.4, 0.5) is 0 Å². The van der Waals surface area contributed by atoms with Gasteiger partial charge in [0.05, 0.1) is 26.3 Å². The van der Waals surface area contributed by atoms with E-state index in [0.717, 1.165) is 13.7 Å². The van der Waals surface area contributed by atoms with Gasteiger partial charge in [0.15, 0.2) is 0 Å². The SMILES string of the molecule is Cn1c(=O)n(CCO)c(=O)n(CCO)c1=O. The van der Waals surface area contributed by atoms with Crippen molar-refractivity contribution >= 4 is 0 Å². The van der Waals surface area contributed by atoms with Crippen molar-refractivity contribution in [2.24, 2.45) is 7.05 Å². The molecule has 0 unspecified atom stereocenters. The third-order valence-corrected chi connectivity index (χ3v) is 2.14. The van der Waals surface area contributed by atoms with Gasteiger partial charge in [-0.05, 0) is 0 Å². The van der Waals surface area contributed by atoms with Gasteiger partial charge in [-0.3, -0.25) is 0 Å². The number of aromatic nitrogens is 3. The fraction of sp³-hybridized carbons (Fsp3) is 0.625. The first-order chi connectivity index (χ1) is 7.54. The predicted octanol–water partition coefficient (Wildman–Crippen LogP) is -3.31. The van der Waals surface area contributed by atoms with Crippen molar-refractivity contribution in [3.8, 4) is 0 Å². The lowest BCUT2D eigenvalue weighted by Crippen LogP contribution is -2.54. The zero-order valence-corrected chi connectivity index (χ0v) is 8.79. The summed E-state index contributed by atoms with van der Waals surface area (Å²) in [5, 5.41) is 17.4. The number of rotatable bonds is 4. The molecule has 0 radical (unpaired) electrons. The molecule has 0 aromatic carbocycles. The number of aliphatic hydroxyl groups excluding tert-OH is 2. The van der Waals surface area contributed by atoms with Crippen LogP contribution in [0.3, 0.4) is 0 Å². The average molecular weight is 231 g/mol. The molecule has 1 heterocycles. The lowest BCUT2D eigenvalue weighted by molar-refractivity contribution is 0.252. The van der Waals surface area contributed by atoms with Crippen LogP contribution in [0.1, 0.15) is 0 Å². The summed E-state index contributed by atoms with van der Waals surface area (Å²) >= 11 is 0. The molecule has 0 bridgehead atoms. The Morgan fingerprint density at radius 3 is 1.56 bits per heavy atom. The van der Waals surface area contributed by atoms with Crippen molar-refractivity contribution in [3.63, 3.8) is 0 Å². The Morgan fingerprint density at radius 1 is 0.875 bits per heavy atom. The van der Waals surface area contributed by atoms with Gasteiger partial charge in [0.25, 0.3) is 0 Å². The van der Waals surface area contributed by atoms with Gasteiger partial charge in [-0.25, -0.2) is 28.1 Å².